The number of furan rings is 1. The Bertz CT molecular complexity index is 635. The molecule has 1 fully saturated rings. The minimum atomic E-state index is 0.384. The lowest BCUT2D eigenvalue weighted by molar-refractivity contribution is 0.0122. The van der Waals surface area contributed by atoms with Crippen molar-refractivity contribution in [1.82, 2.24) is 10.6 Å². The largest absolute Gasteiger partial charge is 0.469 e. The summed E-state index contributed by atoms with van der Waals surface area (Å²) in [5, 5.41) is 6.85. The van der Waals surface area contributed by atoms with Gasteiger partial charge in [0.1, 0.15) is 5.76 Å². The molecule has 1 saturated heterocycles. The molecule has 0 amide bonds. The van der Waals surface area contributed by atoms with Crippen LogP contribution in [-0.2, 0) is 17.7 Å². The highest BCUT2D eigenvalue weighted by Crippen LogP contribution is 2.14. The van der Waals surface area contributed by atoms with Gasteiger partial charge in [-0.3, -0.25) is 0 Å². The van der Waals surface area contributed by atoms with Gasteiger partial charge in [-0.2, -0.15) is 0 Å². The van der Waals surface area contributed by atoms with Crippen molar-refractivity contribution in [3.63, 3.8) is 0 Å². The van der Waals surface area contributed by atoms with Gasteiger partial charge in [-0.05, 0) is 43.4 Å². The molecule has 2 heterocycles. The van der Waals surface area contributed by atoms with Gasteiger partial charge >= 0.3 is 0 Å². The van der Waals surface area contributed by atoms with Crippen LogP contribution in [0.5, 0.6) is 0 Å². The molecular formula is C21H29N3O2. The van der Waals surface area contributed by atoms with Gasteiger partial charge in [-0.1, -0.05) is 30.3 Å². The molecule has 1 unspecified atom stereocenters. The zero-order valence-corrected chi connectivity index (χ0v) is 15.3. The average Bonchev–Trinajstić information content (AvgIpc) is 3.21. The maximum absolute atomic E-state index is 5.81. The molecule has 0 bridgehead atoms. The predicted octanol–water partition coefficient (Wildman–Crippen LogP) is 3.52. The molecule has 5 nitrogen and oxygen atoms in total. The number of hydrogen-bond donors (Lipinski definition) is 2. The van der Waals surface area contributed by atoms with Crippen molar-refractivity contribution < 1.29 is 9.15 Å². The summed E-state index contributed by atoms with van der Waals surface area (Å²) in [5.74, 6) is 1.83. The molecule has 0 radical (unpaired) electrons. The first-order valence-electron chi connectivity index (χ1n) is 9.60. The smallest absolute Gasteiger partial charge is 0.191 e. The van der Waals surface area contributed by atoms with Gasteiger partial charge in [0.2, 0.25) is 0 Å². The molecule has 1 aliphatic rings. The molecule has 0 saturated carbocycles. The highest BCUT2D eigenvalue weighted by atomic mass is 16.5. The standard InChI is InChI=1S/C21H29N3O2/c1-2-7-18(8-3-1)17-24-21(23-14-12-20-10-6-16-26-20)22-13-11-19-9-4-5-15-25-19/h1-3,6-8,10,16,19H,4-5,9,11-15,17H2,(H2,22,23,24). The van der Waals surface area contributed by atoms with E-state index < -0.39 is 0 Å². The molecule has 3 rings (SSSR count). The molecule has 140 valence electrons. The predicted molar refractivity (Wildman–Crippen MR) is 104 cm³/mol. The van der Waals surface area contributed by atoms with Crippen LogP contribution in [0.4, 0.5) is 0 Å². The van der Waals surface area contributed by atoms with Crippen molar-refractivity contribution in [3.8, 4) is 0 Å². The fourth-order valence-corrected chi connectivity index (χ4v) is 3.07. The van der Waals surface area contributed by atoms with Gasteiger partial charge in [0.15, 0.2) is 5.96 Å². The van der Waals surface area contributed by atoms with E-state index in [9.17, 15) is 0 Å². The van der Waals surface area contributed by atoms with E-state index >= 15 is 0 Å². The van der Waals surface area contributed by atoms with Crippen molar-refractivity contribution in [2.24, 2.45) is 4.99 Å². The molecule has 2 N–H and O–H groups in total. The summed E-state index contributed by atoms with van der Waals surface area (Å²) >= 11 is 0. The molecule has 1 aromatic heterocycles. The van der Waals surface area contributed by atoms with Gasteiger partial charge in [0.05, 0.1) is 18.9 Å². The summed E-state index contributed by atoms with van der Waals surface area (Å²) in [6.07, 6.45) is 7.60. The summed E-state index contributed by atoms with van der Waals surface area (Å²) in [5.41, 5.74) is 1.20. The molecule has 1 aromatic carbocycles. The Hall–Kier alpha value is -2.27. The maximum Gasteiger partial charge on any atom is 0.191 e. The Kier molecular flexibility index (Phi) is 7.59. The number of aliphatic imine (C=N–C) groups is 1. The van der Waals surface area contributed by atoms with E-state index in [1.54, 1.807) is 6.26 Å². The van der Waals surface area contributed by atoms with E-state index in [4.69, 9.17) is 14.1 Å². The van der Waals surface area contributed by atoms with Crippen LogP contribution in [0, 0.1) is 0 Å². The highest BCUT2D eigenvalue weighted by Gasteiger charge is 2.13. The third-order valence-electron chi connectivity index (χ3n) is 4.54. The molecule has 5 heteroatoms. The number of rotatable bonds is 8. The van der Waals surface area contributed by atoms with Gasteiger partial charge in [0, 0.05) is 26.1 Å². The van der Waals surface area contributed by atoms with Crippen molar-refractivity contribution in [1.29, 1.82) is 0 Å². The highest BCUT2D eigenvalue weighted by molar-refractivity contribution is 5.79. The Labute approximate surface area is 155 Å². The van der Waals surface area contributed by atoms with Gasteiger partial charge in [-0.15, -0.1) is 0 Å². The lowest BCUT2D eigenvalue weighted by Gasteiger charge is -2.23. The normalized spacial score (nSPS) is 17.8. The number of benzene rings is 1. The van der Waals surface area contributed by atoms with E-state index in [1.807, 2.05) is 30.3 Å². The average molecular weight is 355 g/mol. The molecule has 2 aromatic rings. The zero-order chi connectivity index (χ0) is 17.9. The third-order valence-corrected chi connectivity index (χ3v) is 4.54. The fraction of sp³-hybridized carbons (Fsp3) is 0.476. The van der Waals surface area contributed by atoms with E-state index in [2.05, 4.69) is 22.8 Å². The Balaban J connectivity index is 1.47. The topological polar surface area (TPSA) is 58.8 Å². The molecule has 1 aliphatic heterocycles. The summed E-state index contributed by atoms with van der Waals surface area (Å²) < 4.78 is 11.2. The van der Waals surface area contributed by atoms with Crippen LogP contribution in [0.3, 0.4) is 0 Å². The molecule has 0 spiro atoms. The maximum atomic E-state index is 5.81. The fourth-order valence-electron chi connectivity index (χ4n) is 3.07. The van der Waals surface area contributed by atoms with Crippen molar-refractivity contribution >= 4 is 5.96 Å². The SMILES string of the molecule is c1ccc(CN=C(NCCc2ccco2)NCCC2CCCCO2)cc1. The number of hydrogen-bond acceptors (Lipinski definition) is 3. The van der Waals surface area contributed by atoms with Crippen LogP contribution in [0.1, 0.15) is 37.0 Å². The lowest BCUT2D eigenvalue weighted by atomic mass is 10.1. The van der Waals surface area contributed by atoms with Crippen LogP contribution < -0.4 is 10.6 Å². The lowest BCUT2D eigenvalue weighted by Crippen LogP contribution is -2.40. The minimum absolute atomic E-state index is 0.384. The molecule has 1 atom stereocenters. The van der Waals surface area contributed by atoms with Gasteiger partial charge in [-0.25, -0.2) is 4.99 Å². The second-order valence-corrected chi connectivity index (χ2v) is 6.61. The molecule has 26 heavy (non-hydrogen) atoms. The van der Waals surface area contributed by atoms with E-state index in [0.717, 1.165) is 44.3 Å². The van der Waals surface area contributed by atoms with Crippen LogP contribution >= 0.6 is 0 Å². The third kappa shape index (κ3) is 6.56. The quantitative estimate of drug-likeness (QED) is 0.562. The Morgan fingerprint density at radius 1 is 1.04 bits per heavy atom. The number of nitrogens with zero attached hydrogens (tertiary/aromatic N) is 1. The first-order chi connectivity index (χ1) is 12.9. The summed E-state index contributed by atoms with van der Waals surface area (Å²) in [4.78, 5) is 4.72. The summed E-state index contributed by atoms with van der Waals surface area (Å²) in [7, 11) is 0. The van der Waals surface area contributed by atoms with Gasteiger partial charge in [0.25, 0.3) is 0 Å². The summed E-state index contributed by atoms with van der Waals surface area (Å²) in [6.45, 7) is 3.22. The van der Waals surface area contributed by atoms with Crippen LogP contribution in [0.25, 0.3) is 0 Å². The Morgan fingerprint density at radius 2 is 1.92 bits per heavy atom. The second kappa shape index (κ2) is 10.7. The number of nitrogens with one attached hydrogen (secondary N) is 2. The van der Waals surface area contributed by atoms with Gasteiger partial charge < -0.3 is 19.8 Å². The van der Waals surface area contributed by atoms with Crippen LogP contribution in [-0.4, -0.2) is 31.8 Å². The number of ether oxygens (including phenoxy) is 1. The van der Waals surface area contributed by atoms with Crippen molar-refractivity contribution in [2.75, 3.05) is 19.7 Å². The first-order valence-corrected chi connectivity index (χ1v) is 9.60. The molecular weight excluding hydrogens is 326 g/mol. The minimum Gasteiger partial charge on any atom is -0.469 e. The zero-order valence-electron chi connectivity index (χ0n) is 15.3. The Morgan fingerprint density at radius 3 is 2.69 bits per heavy atom. The van der Waals surface area contributed by atoms with Crippen molar-refractivity contribution in [3.05, 3.63) is 60.1 Å². The van der Waals surface area contributed by atoms with Crippen molar-refractivity contribution in [2.45, 2.75) is 44.8 Å². The van der Waals surface area contributed by atoms with Crippen LogP contribution in [0.15, 0.2) is 58.1 Å². The van der Waals surface area contributed by atoms with Crippen LogP contribution in [0.2, 0.25) is 0 Å². The van der Waals surface area contributed by atoms with E-state index in [0.29, 0.717) is 12.6 Å². The van der Waals surface area contributed by atoms with E-state index in [-0.39, 0.29) is 0 Å². The number of guanidine groups is 1. The summed E-state index contributed by atoms with van der Waals surface area (Å²) in [6, 6.07) is 14.2. The second-order valence-electron chi connectivity index (χ2n) is 6.61. The molecule has 0 aliphatic carbocycles. The monoisotopic (exact) mass is 355 g/mol. The first kappa shape index (κ1) is 18.5. The van der Waals surface area contributed by atoms with E-state index in [1.165, 1.54) is 24.8 Å².